The highest BCUT2D eigenvalue weighted by atomic mass is 32.1. The van der Waals surface area contributed by atoms with Crippen molar-refractivity contribution in [2.45, 2.75) is 19.3 Å². The molecule has 1 aromatic heterocycles. The quantitative estimate of drug-likeness (QED) is 0.840. The molecular formula is C15H13N2OS. The molecule has 0 spiro atoms. The lowest BCUT2D eigenvalue weighted by Gasteiger charge is -2.17. The molecule has 0 atom stereocenters. The van der Waals surface area contributed by atoms with Gasteiger partial charge in [-0.1, -0.05) is 6.07 Å². The number of aromatic nitrogens is 1. The molecule has 1 amide bonds. The standard InChI is InChI=1S/C15H13N2OS/c18-15(10-1-2-10)17-6-5-12-7-11(3-4-14(12)17)13-8-19-9-16-13/h3-4,7-8,10H,1-2,5-6H2. The van der Waals surface area contributed by atoms with Crippen LogP contribution in [-0.2, 0) is 11.2 Å². The Morgan fingerprint density at radius 1 is 1.42 bits per heavy atom. The van der Waals surface area contributed by atoms with Crippen molar-refractivity contribution in [2.24, 2.45) is 5.92 Å². The van der Waals surface area contributed by atoms with Crippen molar-refractivity contribution < 1.29 is 4.79 Å². The van der Waals surface area contributed by atoms with Crippen molar-refractivity contribution in [2.75, 3.05) is 11.4 Å². The zero-order valence-electron chi connectivity index (χ0n) is 10.4. The highest BCUT2D eigenvalue weighted by Crippen LogP contribution is 2.37. The minimum Gasteiger partial charge on any atom is -0.312 e. The van der Waals surface area contributed by atoms with Gasteiger partial charge in [0.05, 0.1) is 5.69 Å². The molecule has 1 aliphatic carbocycles. The minimum absolute atomic E-state index is 0.291. The van der Waals surface area contributed by atoms with Gasteiger partial charge >= 0.3 is 0 Å². The minimum atomic E-state index is 0.291. The molecule has 2 aliphatic rings. The van der Waals surface area contributed by atoms with Gasteiger partial charge in [-0.25, -0.2) is 4.98 Å². The second-order valence-electron chi connectivity index (χ2n) is 5.18. The highest BCUT2D eigenvalue weighted by molar-refractivity contribution is 7.07. The zero-order chi connectivity index (χ0) is 12.8. The molecule has 0 bridgehead atoms. The van der Waals surface area contributed by atoms with Gasteiger partial charge in [0.2, 0.25) is 5.91 Å². The van der Waals surface area contributed by atoms with Crippen LogP contribution in [0.2, 0.25) is 0 Å². The van der Waals surface area contributed by atoms with E-state index in [1.807, 2.05) is 10.3 Å². The van der Waals surface area contributed by atoms with Crippen LogP contribution in [0, 0.1) is 11.4 Å². The Morgan fingerprint density at radius 2 is 2.32 bits per heavy atom. The van der Waals surface area contributed by atoms with Crippen LogP contribution in [0.5, 0.6) is 0 Å². The summed E-state index contributed by atoms with van der Waals surface area (Å²) in [5, 5.41) is 2.00. The Bertz CT molecular complexity index is 632. The predicted octanol–water partition coefficient (Wildman–Crippen LogP) is 2.91. The molecule has 2 heterocycles. The molecule has 0 N–H and O–H groups in total. The predicted molar refractivity (Wildman–Crippen MR) is 75.2 cm³/mol. The van der Waals surface area contributed by atoms with E-state index < -0.39 is 0 Å². The number of thiazole rings is 1. The van der Waals surface area contributed by atoms with Crippen molar-refractivity contribution >= 4 is 22.9 Å². The van der Waals surface area contributed by atoms with Gasteiger partial charge < -0.3 is 4.90 Å². The summed E-state index contributed by atoms with van der Waals surface area (Å²) in [6.45, 7) is 0.831. The van der Waals surface area contributed by atoms with E-state index in [1.54, 1.807) is 0 Å². The summed E-state index contributed by atoms with van der Waals surface area (Å²) in [4.78, 5) is 18.4. The summed E-state index contributed by atoms with van der Waals surface area (Å²) in [6, 6.07) is 6.29. The van der Waals surface area contributed by atoms with Gasteiger partial charge in [0.25, 0.3) is 0 Å². The Kier molecular flexibility index (Phi) is 2.45. The Hall–Kier alpha value is -1.68. The second kappa shape index (κ2) is 4.17. The van der Waals surface area contributed by atoms with Crippen molar-refractivity contribution in [1.29, 1.82) is 0 Å². The SMILES string of the molecule is O=C(C1CC1)N1CCc2cc(-c3cs[c]n3)ccc21. The fourth-order valence-corrected chi connectivity index (χ4v) is 3.16. The van der Waals surface area contributed by atoms with Gasteiger partial charge in [0, 0.05) is 29.1 Å². The molecule has 19 heavy (non-hydrogen) atoms. The van der Waals surface area contributed by atoms with E-state index in [0.29, 0.717) is 11.8 Å². The summed E-state index contributed by atoms with van der Waals surface area (Å²) in [6.07, 6.45) is 3.09. The molecular weight excluding hydrogens is 256 g/mol. The van der Waals surface area contributed by atoms with E-state index in [2.05, 4.69) is 28.7 Å². The molecule has 4 rings (SSSR count). The fourth-order valence-electron chi connectivity index (χ4n) is 2.66. The van der Waals surface area contributed by atoms with E-state index in [1.165, 1.54) is 16.9 Å². The van der Waals surface area contributed by atoms with Crippen LogP contribution in [0.25, 0.3) is 11.3 Å². The third-order valence-corrected chi connectivity index (χ3v) is 4.39. The molecule has 1 aliphatic heterocycles. The number of anilines is 1. The summed E-state index contributed by atoms with van der Waals surface area (Å²) in [5.74, 6) is 0.604. The second-order valence-corrected chi connectivity index (χ2v) is 5.84. The van der Waals surface area contributed by atoms with Gasteiger partial charge in [-0.2, -0.15) is 0 Å². The summed E-state index contributed by atoms with van der Waals surface area (Å²) >= 11 is 1.48. The topological polar surface area (TPSA) is 33.2 Å². The van der Waals surface area contributed by atoms with Crippen LogP contribution in [0.4, 0.5) is 5.69 Å². The number of rotatable bonds is 2. The normalized spacial score (nSPS) is 17.6. The molecule has 95 valence electrons. The van der Waals surface area contributed by atoms with E-state index in [4.69, 9.17) is 0 Å². The number of carbonyl (C=O) groups is 1. The smallest absolute Gasteiger partial charge is 0.230 e. The number of benzene rings is 1. The third kappa shape index (κ3) is 1.87. The number of nitrogens with zero attached hydrogens (tertiary/aromatic N) is 2. The van der Waals surface area contributed by atoms with Crippen LogP contribution < -0.4 is 4.90 Å². The van der Waals surface area contributed by atoms with E-state index in [-0.39, 0.29) is 0 Å². The molecule has 1 saturated carbocycles. The van der Waals surface area contributed by atoms with Crippen molar-refractivity contribution in [3.8, 4) is 11.3 Å². The maximum absolute atomic E-state index is 12.2. The largest absolute Gasteiger partial charge is 0.312 e. The molecule has 3 nitrogen and oxygen atoms in total. The first-order valence-corrected chi connectivity index (χ1v) is 7.47. The average molecular weight is 269 g/mol. The maximum Gasteiger partial charge on any atom is 0.230 e. The van der Waals surface area contributed by atoms with Gasteiger partial charge in [0.1, 0.15) is 0 Å². The molecule has 0 unspecified atom stereocenters. The lowest BCUT2D eigenvalue weighted by atomic mass is 10.1. The van der Waals surface area contributed by atoms with E-state index >= 15 is 0 Å². The zero-order valence-corrected chi connectivity index (χ0v) is 11.2. The summed E-state index contributed by atoms with van der Waals surface area (Å²) in [5.41, 5.74) is 7.33. The molecule has 1 fully saturated rings. The monoisotopic (exact) mass is 269 g/mol. The number of fused-ring (bicyclic) bond motifs is 1. The first-order chi connectivity index (χ1) is 9.33. The van der Waals surface area contributed by atoms with Crippen LogP contribution in [-0.4, -0.2) is 17.4 Å². The highest BCUT2D eigenvalue weighted by Gasteiger charge is 2.36. The summed E-state index contributed by atoms with van der Waals surface area (Å²) < 4.78 is 0. The Balaban J connectivity index is 1.68. The maximum atomic E-state index is 12.2. The van der Waals surface area contributed by atoms with Crippen LogP contribution in [0.15, 0.2) is 23.6 Å². The molecule has 0 saturated heterocycles. The van der Waals surface area contributed by atoms with Gasteiger partial charge in [0.15, 0.2) is 5.51 Å². The van der Waals surface area contributed by atoms with Gasteiger partial charge in [-0.3, -0.25) is 4.79 Å². The first kappa shape index (κ1) is 11.2. The number of amides is 1. The van der Waals surface area contributed by atoms with Crippen molar-refractivity contribution in [3.05, 3.63) is 34.7 Å². The molecule has 2 aromatic rings. The number of hydrogen-bond donors (Lipinski definition) is 0. The number of carbonyl (C=O) groups excluding carboxylic acids is 1. The number of hydrogen-bond acceptors (Lipinski definition) is 3. The fraction of sp³-hybridized carbons (Fsp3) is 0.333. The Morgan fingerprint density at radius 3 is 3.05 bits per heavy atom. The molecule has 1 radical (unpaired) electrons. The summed E-state index contributed by atoms with van der Waals surface area (Å²) in [7, 11) is 0. The van der Waals surface area contributed by atoms with Crippen LogP contribution in [0.1, 0.15) is 18.4 Å². The van der Waals surface area contributed by atoms with E-state index in [9.17, 15) is 4.79 Å². The lowest BCUT2D eigenvalue weighted by molar-refractivity contribution is -0.119. The third-order valence-electron chi connectivity index (χ3n) is 3.85. The lowest BCUT2D eigenvalue weighted by Crippen LogP contribution is -2.30. The molecule has 1 aromatic carbocycles. The van der Waals surface area contributed by atoms with Crippen LogP contribution in [0.3, 0.4) is 0 Å². The molecule has 4 heteroatoms. The van der Waals surface area contributed by atoms with Crippen LogP contribution >= 0.6 is 11.3 Å². The Labute approximate surface area is 115 Å². The average Bonchev–Trinajstić information content (AvgIpc) is 2.99. The van der Waals surface area contributed by atoms with Gasteiger partial charge in [-0.05, 0) is 37.0 Å². The first-order valence-electron chi connectivity index (χ1n) is 6.59. The van der Waals surface area contributed by atoms with E-state index in [0.717, 1.165) is 42.8 Å². The van der Waals surface area contributed by atoms with Crippen molar-refractivity contribution in [1.82, 2.24) is 4.98 Å². The van der Waals surface area contributed by atoms with Crippen molar-refractivity contribution in [3.63, 3.8) is 0 Å². The van der Waals surface area contributed by atoms with Gasteiger partial charge in [-0.15, -0.1) is 11.3 Å².